The van der Waals surface area contributed by atoms with Crippen LogP contribution in [0.25, 0.3) is 6.08 Å². The molecule has 0 saturated heterocycles. The average Bonchev–Trinajstić information content (AvgIpc) is 2.30. The van der Waals surface area contributed by atoms with Gasteiger partial charge in [0.2, 0.25) is 0 Å². The predicted octanol–water partition coefficient (Wildman–Crippen LogP) is 5.34. The van der Waals surface area contributed by atoms with E-state index in [9.17, 15) is 0 Å². The fraction of sp³-hybridized carbons (Fsp3) is 0.375. The van der Waals surface area contributed by atoms with Crippen LogP contribution in [-0.4, -0.2) is 0 Å². The Morgan fingerprint density at radius 2 is 1.81 bits per heavy atom. The second-order valence-corrected chi connectivity index (χ2v) is 3.87. The van der Waals surface area contributed by atoms with Crippen LogP contribution in [0.15, 0.2) is 36.9 Å². The molecule has 0 fully saturated rings. The second kappa shape index (κ2) is 7.92. The maximum Gasteiger partial charge on any atom is -0.0219 e. The summed E-state index contributed by atoms with van der Waals surface area (Å²) in [5.41, 5.74) is 3.99. The molecule has 0 atom stereocenters. The Hall–Kier alpha value is -1.30. The van der Waals surface area contributed by atoms with Gasteiger partial charge < -0.3 is 0 Å². The van der Waals surface area contributed by atoms with Gasteiger partial charge in [0.25, 0.3) is 0 Å². The number of rotatable bonds is 3. The Balaban J connectivity index is 0.00000106. The lowest BCUT2D eigenvalue weighted by atomic mass is 9.98. The molecule has 0 N–H and O–H groups in total. The van der Waals surface area contributed by atoms with Crippen LogP contribution < -0.4 is 0 Å². The topological polar surface area (TPSA) is 0 Å². The molecule has 0 heteroatoms. The minimum Gasteiger partial charge on any atom is -0.0991 e. The number of allylic oxidation sites excluding steroid dienone is 2. The summed E-state index contributed by atoms with van der Waals surface area (Å²) in [5, 5.41) is 0. The van der Waals surface area contributed by atoms with Gasteiger partial charge in [0.05, 0.1) is 0 Å². The standard InChI is InChI=1S/C14H18.C2H6/c1-5-6-7-14-10-13(11(2)3)9-8-12(14)4;1-2/h5-11H,1H2,2-4H3;1-2H3/b7-6-;. The summed E-state index contributed by atoms with van der Waals surface area (Å²) in [7, 11) is 0. The van der Waals surface area contributed by atoms with Gasteiger partial charge in [0, 0.05) is 0 Å². The Morgan fingerprint density at radius 1 is 1.19 bits per heavy atom. The minimum absolute atomic E-state index is 0.589. The molecule has 0 aromatic heterocycles. The zero-order valence-corrected chi connectivity index (χ0v) is 11.2. The highest BCUT2D eigenvalue weighted by atomic mass is 14.1. The Kier molecular flexibility index (Phi) is 7.28. The molecule has 0 saturated carbocycles. The molecule has 1 aromatic rings. The third-order valence-electron chi connectivity index (χ3n) is 2.38. The van der Waals surface area contributed by atoms with E-state index in [1.165, 1.54) is 16.7 Å². The van der Waals surface area contributed by atoms with E-state index in [1.807, 2.05) is 26.0 Å². The van der Waals surface area contributed by atoms with Crippen LogP contribution in [0.5, 0.6) is 0 Å². The molecule has 0 aliphatic heterocycles. The first-order valence-electron chi connectivity index (χ1n) is 6.04. The summed E-state index contributed by atoms with van der Waals surface area (Å²) in [6.45, 7) is 14.2. The summed E-state index contributed by atoms with van der Waals surface area (Å²) in [4.78, 5) is 0. The van der Waals surface area contributed by atoms with Crippen LogP contribution in [0, 0.1) is 6.92 Å². The molecule has 0 amide bonds. The van der Waals surface area contributed by atoms with Crippen molar-refractivity contribution in [2.24, 2.45) is 0 Å². The summed E-state index contributed by atoms with van der Waals surface area (Å²) in [6.07, 6.45) is 5.89. The second-order valence-electron chi connectivity index (χ2n) is 3.87. The van der Waals surface area contributed by atoms with Crippen molar-refractivity contribution in [3.8, 4) is 0 Å². The number of hydrogen-bond acceptors (Lipinski definition) is 0. The van der Waals surface area contributed by atoms with Crippen molar-refractivity contribution in [2.45, 2.75) is 40.5 Å². The van der Waals surface area contributed by atoms with Gasteiger partial charge in [0.15, 0.2) is 0 Å². The van der Waals surface area contributed by atoms with Gasteiger partial charge in [-0.1, -0.05) is 70.7 Å². The van der Waals surface area contributed by atoms with E-state index in [1.54, 1.807) is 0 Å². The SMILES string of the molecule is C=C/C=C\c1cc(C(C)C)ccc1C.CC. The minimum atomic E-state index is 0.589. The first-order chi connectivity index (χ1) is 7.65. The van der Waals surface area contributed by atoms with Gasteiger partial charge in [-0.2, -0.15) is 0 Å². The Morgan fingerprint density at radius 3 is 2.31 bits per heavy atom. The van der Waals surface area contributed by atoms with Crippen molar-refractivity contribution in [3.63, 3.8) is 0 Å². The highest BCUT2D eigenvalue weighted by molar-refractivity contribution is 5.56. The van der Waals surface area contributed by atoms with Crippen molar-refractivity contribution in [1.29, 1.82) is 0 Å². The van der Waals surface area contributed by atoms with E-state index in [0.29, 0.717) is 5.92 Å². The summed E-state index contributed by atoms with van der Waals surface area (Å²) < 4.78 is 0. The van der Waals surface area contributed by atoms with Crippen LogP contribution in [0.1, 0.15) is 50.3 Å². The Labute approximate surface area is 101 Å². The van der Waals surface area contributed by atoms with Gasteiger partial charge in [0.1, 0.15) is 0 Å². The zero-order chi connectivity index (χ0) is 12.6. The number of hydrogen-bond donors (Lipinski definition) is 0. The van der Waals surface area contributed by atoms with Crippen molar-refractivity contribution >= 4 is 6.08 Å². The molecule has 0 bridgehead atoms. The number of aryl methyl sites for hydroxylation is 1. The van der Waals surface area contributed by atoms with Crippen molar-refractivity contribution < 1.29 is 0 Å². The van der Waals surface area contributed by atoms with Crippen LogP contribution >= 0.6 is 0 Å². The molecule has 0 unspecified atom stereocenters. The third-order valence-corrected chi connectivity index (χ3v) is 2.38. The molecular formula is C16H24. The van der Waals surface area contributed by atoms with Crippen LogP contribution in [0.4, 0.5) is 0 Å². The molecule has 0 heterocycles. The molecule has 0 aliphatic rings. The van der Waals surface area contributed by atoms with E-state index >= 15 is 0 Å². The molecule has 88 valence electrons. The summed E-state index contributed by atoms with van der Waals surface area (Å²) in [6, 6.07) is 6.63. The van der Waals surface area contributed by atoms with Crippen LogP contribution in [-0.2, 0) is 0 Å². The molecule has 0 spiro atoms. The van der Waals surface area contributed by atoms with Gasteiger partial charge >= 0.3 is 0 Å². The van der Waals surface area contributed by atoms with Crippen LogP contribution in [0.2, 0.25) is 0 Å². The highest BCUT2D eigenvalue weighted by Crippen LogP contribution is 2.19. The lowest BCUT2D eigenvalue weighted by molar-refractivity contribution is 0.865. The summed E-state index contributed by atoms with van der Waals surface area (Å²) in [5.74, 6) is 0.589. The van der Waals surface area contributed by atoms with Crippen molar-refractivity contribution in [2.75, 3.05) is 0 Å². The molecule has 1 aromatic carbocycles. The quantitative estimate of drug-likeness (QED) is 0.598. The van der Waals surface area contributed by atoms with Gasteiger partial charge in [-0.15, -0.1) is 0 Å². The van der Waals surface area contributed by atoms with Gasteiger partial charge in [-0.05, 0) is 29.5 Å². The lowest BCUT2D eigenvalue weighted by Crippen LogP contribution is -1.89. The fourth-order valence-electron chi connectivity index (χ4n) is 1.37. The largest absolute Gasteiger partial charge is 0.0991 e. The van der Waals surface area contributed by atoms with E-state index in [-0.39, 0.29) is 0 Å². The first kappa shape index (κ1) is 14.7. The molecule has 0 radical (unpaired) electrons. The molecular weight excluding hydrogens is 192 g/mol. The molecule has 16 heavy (non-hydrogen) atoms. The van der Waals surface area contributed by atoms with E-state index in [0.717, 1.165) is 0 Å². The normalized spacial score (nSPS) is 10.1. The maximum absolute atomic E-state index is 3.68. The average molecular weight is 216 g/mol. The molecule has 1 rings (SSSR count). The van der Waals surface area contributed by atoms with E-state index < -0.39 is 0 Å². The smallest absolute Gasteiger partial charge is 0.0219 e. The fourth-order valence-corrected chi connectivity index (χ4v) is 1.37. The van der Waals surface area contributed by atoms with Crippen molar-refractivity contribution in [1.82, 2.24) is 0 Å². The lowest BCUT2D eigenvalue weighted by Gasteiger charge is -2.08. The maximum atomic E-state index is 3.68. The van der Waals surface area contributed by atoms with Gasteiger partial charge in [-0.25, -0.2) is 0 Å². The predicted molar refractivity (Wildman–Crippen MR) is 75.8 cm³/mol. The van der Waals surface area contributed by atoms with Crippen molar-refractivity contribution in [3.05, 3.63) is 53.6 Å². The zero-order valence-electron chi connectivity index (χ0n) is 11.2. The number of benzene rings is 1. The monoisotopic (exact) mass is 216 g/mol. The molecule has 0 aliphatic carbocycles. The summed E-state index contributed by atoms with van der Waals surface area (Å²) >= 11 is 0. The van der Waals surface area contributed by atoms with Gasteiger partial charge in [-0.3, -0.25) is 0 Å². The third kappa shape index (κ3) is 4.48. The van der Waals surface area contributed by atoms with Crippen LogP contribution in [0.3, 0.4) is 0 Å². The van der Waals surface area contributed by atoms with E-state index in [4.69, 9.17) is 0 Å². The Bertz CT molecular complexity index is 343. The van der Waals surface area contributed by atoms with E-state index in [2.05, 4.69) is 51.6 Å². The first-order valence-corrected chi connectivity index (χ1v) is 6.04. The highest BCUT2D eigenvalue weighted by Gasteiger charge is 2.00. The molecule has 0 nitrogen and oxygen atoms in total.